The number of hydrogen-bond acceptors (Lipinski definition) is 4. The van der Waals surface area contributed by atoms with Crippen LogP contribution in [0.2, 0.25) is 5.02 Å². The largest absolute Gasteiger partial charge is 0.351 e. The van der Waals surface area contributed by atoms with Gasteiger partial charge in [-0.05, 0) is 37.0 Å². The minimum atomic E-state index is -0.623. The van der Waals surface area contributed by atoms with E-state index in [9.17, 15) is 4.79 Å². The predicted octanol–water partition coefficient (Wildman–Crippen LogP) is 2.44. The number of fused-ring (bicyclic) bond motifs is 1. The normalized spacial score (nSPS) is 13.7. The third-order valence-corrected chi connectivity index (χ3v) is 5.08. The van der Waals surface area contributed by atoms with Gasteiger partial charge in [0.05, 0.1) is 40.4 Å². The Morgan fingerprint density at radius 2 is 2.21 bits per heavy atom. The van der Waals surface area contributed by atoms with Crippen molar-refractivity contribution in [3.63, 3.8) is 0 Å². The SMILES string of the molecule is Bc1ccc(Nc2c(C(=O)NOCC3CC3)cc3c(ncn3C)c2F)c(Cl)c1. The standard InChI is InChI=1S/C19H19BClFN4O2/c1-26-9-23-18-15(26)7-12(19(27)25-28-8-10-2-3-10)17(16(18)22)24-14-5-4-11(20)6-13(14)21/h4-7,9-10,24H,2-3,8,20H2,1H3,(H,25,27). The lowest BCUT2D eigenvalue weighted by Crippen LogP contribution is -2.26. The highest BCUT2D eigenvalue weighted by atomic mass is 35.5. The molecule has 0 spiro atoms. The highest BCUT2D eigenvalue weighted by Crippen LogP contribution is 2.33. The van der Waals surface area contributed by atoms with Crippen molar-refractivity contribution in [3.05, 3.63) is 47.0 Å². The average molecular weight is 401 g/mol. The fraction of sp³-hybridized carbons (Fsp3) is 0.263. The number of rotatable bonds is 6. The Morgan fingerprint density at radius 1 is 1.43 bits per heavy atom. The van der Waals surface area contributed by atoms with Crippen LogP contribution in [0, 0.1) is 11.7 Å². The maximum atomic E-state index is 15.3. The minimum absolute atomic E-state index is 0.00414. The van der Waals surface area contributed by atoms with E-state index in [0.717, 1.165) is 18.3 Å². The number of imidazole rings is 1. The van der Waals surface area contributed by atoms with Crippen molar-refractivity contribution < 1.29 is 14.0 Å². The first-order valence-electron chi connectivity index (χ1n) is 9.03. The summed E-state index contributed by atoms with van der Waals surface area (Å²) in [6, 6.07) is 6.94. The van der Waals surface area contributed by atoms with Crippen molar-refractivity contribution in [3.8, 4) is 0 Å². The Morgan fingerprint density at radius 3 is 2.93 bits per heavy atom. The summed E-state index contributed by atoms with van der Waals surface area (Å²) < 4.78 is 16.9. The Hall–Kier alpha value is -2.58. The molecule has 1 amide bonds. The molecule has 0 radical (unpaired) electrons. The van der Waals surface area contributed by atoms with Gasteiger partial charge >= 0.3 is 0 Å². The molecule has 1 aliphatic carbocycles. The van der Waals surface area contributed by atoms with E-state index < -0.39 is 11.7 Å². The number of hydroxylamine groups is 1. The third-order valence-electron chi connectivity index (χ3n) is 4.77. The number of carbonyl (C=O) groups excluding carboxylic acids is 1. The van der Waals surface area contributed by atoms with E-state index in [1.807, 2.05) is 13.9 Å². The second-order valence-corrected chi connectivity index (χ2v) is 7.54. The van der Waals surface area contributed by atoms with Gasteiger partial charge in [0.15, 0.2) is 5.82 Å². The third kappa shape index (κ3) is 3.70. The summed E-state index contributed by atoms with van der Waals surface area (Å²) in [7, 11) is 3.65. The fourth-order valence-electron chi connectivity index (χ4n) is 2.95. The van der Waals surface area contributed by atoms with E-state index in [1.165, 1.54) is 6.33 Å². The van der Waals surface area contributed by atoms with Crippen LogP contribution in [0.3, 0.4) is 0 Å². The van der Waals surface area contributed by atoms with Crippen molar-refractivity contribution in [1.82, 2.24) is 15.0 Å². The molecule has 2 N–H and O–H groups in total. The molecular weight excluding hydrogens is 381 g/mol. The monoisotopic (exact) mass is 400 g/mol. The number of anilines is 2. The predicted molar refractivity (Wildman–Crippen MR) is 110 cm³/mol. The van der Waals surface area contributed by atoms with Crippen LogP contribution in [0.1, 0.15) is 23.2 Å². The lowest BCUT2D eigenvalue weighted by molar-refractivity contribution is 0.0271. The number of aromatic nitrogens is 2. The molecule has 0 unspecified atom stereocenters. The van der Waals surface area contributed by atoms with E-state index in [2.05, 4.69) is 15.8 Å². The molecule has 1 saturated carbocycles. The molecular formula is C19H19BClFN4O2. The molecule has 4 rings (SSSR count). The smallest absolute Gasteiger partial charge is 0.277 e. The highest BCUT2D eigenvalue weighted by Gasteiger charge is 2.24. The quantitative estimate of drug-likeness (QED) is 0.493. The van der Waals surface area contributed by atoms with Gasteiger partial charge in [0.25, 0.3) is 5.91 Å². The van der Waals surface area contributed by atoms with E-state index in [-0.39, 0.29) is 16.8 Å². The molecule has 2 aromatic carbocycles. The van der Waals surface area contributed by atoms with Crippen molar-refractivity contribution in [2.45, 2.75) is 12.8 Å². The molecule has 1 fully saturated rings. The van der Waals surface area contributed by atoms with Gasteiger partial charge in [-0.3, -0.25) is 9.63 Å². The topological polar surface area (TPSA) is 68.2 Å². The van der Waals surface area contributed by atoms with Gasteiger partial charge in [-0.2, -0.15) is 0 Å². The van der Waals surface area contributed by atoms with Crippen LogP contribution in [-0.2, 0) is 11.9 Å². The number of halogens is 2. The Balaban J connectivity index is 1.73. The van der Waals surface area contributed by atoms with Crippen LogP contribution in [0.25, 0.3) is 11.0 Å². The van der Waals surface area contributed by atoms with Gasteiger partial charge in [0.2, 0.25) is 0 Å². The molecule has 9 heteroatoms. The van der Waals surface area contributed by atoms with Crippen molar-refractivity contribution in [2.24, 2.45) is 13.0 Å². The maximum absolute atomic E-state index is 15.3. The molecule has 0 saturated heterocycles. The average Bonchev–Trinajstić information content (AvgIpc) is 3.40. The van der Waals surface area contributed by atoms with Crippen molar-refractivity contribution in [1.29, 1.82) is 0 Å². The van der Waals surface area contributed by atoms with Crippen LogP contribution in [0.4, 0.5) is 15.8 Å². The first-order valence-corrected chi connectivity index (χ1v) is 9.40. The number of benzene rings is 2. The molecule has 144 valence electrons. The number of hydrogen-bond donors (Lipinski definition) is 2. The number of aryl methyl sites for hydroxylation is 1. The summed E-state index contributed by atoms with van der Waals surface area (Å²) in [5.41, 5.74) is 4.68. The van der Waals surface area contributed by atoms with Gasteiger partial charge in [-0.15, -0.1) is 0 Å². The van der Waals surface area contributed by atoms with Crippen LogP contribution >= 0.6 is 11.6 Å². The Labute approximate surface area is 167 Å². The van der Waals surface area contributed by atoms with E-state index in [0.29, 0.717) is 28.8 Å². The highest BCUT2D eigenvalue weighted by molar-refractivity contribution is 6.37. The van der Waals surface area contributed by atoms with Gasteiger partial charge in [-0.1, -0.05) is 23.1 Å². The number of amides is 1. The van der Waals surface area contributed by atoms with Crippen molar-refractivity contribution in [2.75, 3.05) is 11.9 Å². The van der Waals surface area contributed by atoms with Gasteiger partial charge < -0.3 is 9.88 Å². The molecule has 0 atom stereocenters. The summed E-state index contributed by atoms with van der Waals surface area (Å²) in [6.45, 7) is 0.453. The zero-order valence-electron chi connectivity index (χ0n) is 15.6. The van der Waals surface area contributed by atoms with E-state index in [1.54, 1.807) is 29.8 Å². The number of nitrogens with one attached hydrogen (secondary N) is 2. The van der Waals surface area contributed by atoms with Crippen LogP contribution in [0.15, 0.2) is 30.6 Å². The molecule has 1 aliphatic rings. The molecule has 0 aliphatic heterocycles. The lowest BCUT2D eigenvalue weighted by Gasteiger charge is -2.15. The zero-order chi connectivity index (χ0) is 19.8. The maximum Gasteiger partial charge on any atom is 0.277 e. The van der Waals surface area contributed by atoms with Gasteiger partial charge in [-0.25, -0.2) is 14.9 Å². The van der Waals surface area contributed by atoms with Crippen LogP contribution in [-0.4, -0.2) is 29.9 Å². The molecule has 28 heavy (non-hydrogen) atoms. The van der Waals surface area contributed by atoms with Crippen molar-refractivity contribution >= 4 is 53.2 Å². The zero-order valence-corrected chi connectivity index (χ0v) is 16.3. The Kier molecular flexibility index (Phi) is 4.99. The summed E-state index contributed by atoms with van der Waals surface area (Å²) in [4.78, 5) is 22.1. The first-order chi connectivity index (χ1) is 13.4. The van der Waals surface area contributed by atoms with E-state index >= 15 is 4.39 Å². The van der Waals surface area contributed by atoms with Gasteiger partial charge in [0, 0.05) is 7.05 Å². The van der Waals surface area contributed by atoms with E-state index in [4.69, 9.17) is 16.4 Å². The minimum Gasteiger partial charge on any atom is -0.351 e. The van der Waals surface area contributed by atoms with Gasteiger partial charge in [0.1, 0.15) is 13.4 Å². The molecule has 3 aromatic rings. The lowest BCUT2D eigenvalue weighted by atomic mass is 9.96. The fourth-order valence-corrected chi connectivity index (χ4v) is 3.23. The molecule has 6 nitrogen and oxygen atoms in total. The number of nitrogens with zero attached hydrogens (tertiary/aromatic N) is 2. The second-order valence-electron chi connectivity index (χ2n) is 7.13. The molecule has 0 bridgehead atoms. The second kappa shape index (κ2) is 7.45. The van der Waals surface area contributed by atoms with Crippen LogP contribution < -0.4 is 16.3 Å². The molecule has 1 heterocycles. The molecule has 1 aromatic heterocycles. The first kappa shape index (κ1) is 18.8. The number of carbonyl (C=O) groups is 1. The summed E-state index contributed by atoms with van der Waals surface area (Å²) in [5.74, 6) is -0.670. The Bertz CT molecular complexity index is 1070. The van der Waals surface area contributed by atoms with Crippen LogP contribution in [0.5, 0.6) is 0 Å². The summed E-state index contributed by atoms with van der Waals surface area (Å²) in [5, 5.41) is 3.39. The summed E-state index contributed by atoms with van der Waals surface area (Å²) in [6.07, 6.45) is 3.70. The summed E-state index contributed by atoms with van der Waals surface area (Å²) >= 11 is 6.28.